The van der Waals surface area contributed by atoms with Crippen LogP contribution < -0.4 is 5.73 Å². The normalized spacial score (nSPS) is 15.6. The Kier molecular flexibility index (Phi) is 5.43. The van der Waals surface area contributed by atoms with Gasteiger partial charge >= 0.3 is 0 Å². The van der Waals surface area contributed by atoms with Crippen LogP contribution in [-0.2, 0) is 18.6 Å². The van der Waals surface area contributed by atoms with Gasteiger partial charge in [0, 0.05) is 10.6 Å². The summed E-state index contributed by atoms with van der Waals surface area (Å²) in [5, 5.41) is 11.4. The van der Waals surface area contributed by atoms with Gasteiger partial charge in [-0.1, -0.05) is 36.8 Å². The van der Waals surface area contributed by atoms with Gasteiger partial charge in [0.2, 0.25) is 0 Å². The van der Waals surface area contributed by atoms with E-state index in [-0.39, 0.29) is 0 Å². The smallest absolute Gasteiger partial charge is 0.142 e. The third-order valence-corrected chi connectivity index (χ3v) is 7.03. The molecule has 3 aromatic rings. The van der Waals surface area contributed by atoms with E-state index in [1.165, 1.54) is 29.7 Å². The number of anilines is 1. The van der Waals surface area contributed by atoms with Crippen LogP contribution in [0.4, 0.5) is 5.82 Å². The van der Waals surface area contributed by atoms with Crippen LogP contribution >= 0.6 is 23.1 Å². The Morgan fingerprint density at radius 2 is 1.92 bits per heavy atom. The van der Waals surface area contributed by atoms with Gasteiger partial charge in [0.15, 0.2) is 0 Å². The van der Waals surface area contributed by atoms with E-state index in [1.807, 2.05) is 30.3 Å². The Labute approximate surface area is 161 Å². The number of nitrogens with zero attached hydrogens (tertiary/aromatic N) is 2. The highest BCUT2D eigenvalue weighted by atomic mass is 32.2. The third kappa shape index (κ3) is 3.72. The molecule has 26 heavy (non-hydrogen) atoms. The number of aromatic nitrogens is 2. The molecule has 4 nitrogen and oxygen atoms in total. The summed E-state index contributed by atoms with van der Waals surface area (Å²) in [5.74, 6) is 2.66. The van der Waals surface area contributed by atoms with Crippen molar-refractivity contribution in [3.63, 3.8) is 0 Å². The van der Waals surface area contributed by atoms with Crippen molar-refractivity contribution in [3.05, 3.63) is 52.2 Å². The Morgan fingerprint density at radius 1 is 1.12 bits per heavy atom. The van der Waals surface area contributed by atoms with Crippen LogP contribution in [0.25, 0.3) is 10.2 Å². The zero-order valence-electron chi connectivity index (χ0n) is 14.6. The number of nitrogens with two attached hydrogens (primary N) is 1. The topological polar surface area (TPSA) is 72.0 Å². The molecule has 4 rings (SSSR count). The fraction of sp³-hybridized carbons (Fsp3) is 0.400. The molecule has 0 bridgehead atoms. The van der Waals surface area contributed by atoms with Crippen molar-refractivity contribution < 1.29 is 5.11 Å². The number of aryl methyl sites for hydroxylation is 2. The maximum Gasteiger partial charge on any atom is 0.142 e. The van der Waals surface area contributed by atoms with Crippen molar-refractivity contribution in [2.45, 2.75) is 44.0 Å². The number of thiophene rings is 1. The van der Waals surface area contributed by atoms with E-state index in [9.17, 15) is 5.11 Å². The van der Waals surface area contributed by atoms with Crippen LogP contribution in [0.15, 0.2) is 30.3 Å². The summed E-state index contributed by atoms with van der Waals surface area (Å²) in [6.07, 6.45) is 5.55. The van der Waals surface area contributed by atoms with Gasteiger partial charge in [-0.05, 0) is 36.8 Å². The lowest BCUT2D eigenvalue weighted by Crippen LogP contribution is -2.03. The maximum absolute atomic E-state index is 10.3. The number of aliphatic hydroxyl groups excluding tert-OH is 1. The van der Waals surface area contributed by atoms with E-state index < -0.39 is 6.10 Å². The highest BCUT2D eigenvalue weighted by molar-refractivity contribution is 7.98. The molecule has 2 aromatic heterocycles. The van der Waals surface area contributed by atoms with Gasteiger partial charge < -0.3 is 10.8 Å². The standard InChI is InChI=1S/C20H23N3OS2/c21-19-18-14-9-5-2-6-10-16(14)26-20(18)23-17(22-19)12-25-11-15(24)13-7-3-1-4-8-13/h1,3-4,7-8,15,24H,2,5-6,9-12H2,(H2,21,22,23)/t15-/m1/s1. The average molecular weight is 386 g/mol. The van der Waals surface area contributed by atoms with Crippen molar-refractivity contribution in [1.82, 2.24) is 9.97 Å². The molecule has 0 amide bonds. The number of rotatable bonds is 5. The lowest BCUT2D eigenvalue weighted by molar-refractivity contribution is 0.204. The van der Waals surface area contributed by atoms with Gasteiger partial charge in [0.05, 0.1) is 17.2 Å². The second kappa shape index (κ2) is 7.94. The zero-order valence-corrected chi connectivity index (χ0v) is 16.3. The number of nitrogen functional groups attached to an aromatic ring is 1. The molecule has 0 saturated heterocycles. The Morgan fingerprint density at radius 3 is 2.77 bits per heavy atom. The molecule has 0 unspecified atom stereocenters. The monoisotopic (exact) mass is 385 g/mol. The lowest BCUT2D eigenvalue weighted by atomic mass is 10.1. The first-order valence-electron chi connectivity index (χ1n) is 9.10. The zero-order chi connectivity index (χ0) is 17.9. The van der Waals surface area contributed by atoms with Crippen molar-refractivity contribution in [2.75, 3.05) is 11.5 Å². The van der Waals surface area contributed by atoms with Crippen LogP contribution in [0, 0.1) is 0 Å². The molecule has 0 radical (unpaired) electrons. The first-order valence-corrected chi connectivity index (χ1v) is 11.1. The number of fused-ring (bicyclic) bond motifs is 3. The van der Waals surface area contributed by atoms with E-state index in [0.29, 0.717) is 17.3 Å². The van der Waals surface area contributed by atoms with Crippen LogP contribution in [0.2, 0.25) is 0 Å². The van der Waals surface area contributed by atoms with Crippen molar-refractivity contribution in [1.29, 1.82) is 0 Å². The molecule has 2 heterocycles. The summed E-state index contributed by atoms with van der Waals surface area (Å²) in [7, 11) is 0. The highest BCUT2D eigenvalue weighted by Gasteiger charge is 2.19. The van der Waals surface area contributed by atoms with Gasteiger partial charge in [0.25, 0.3) is 0 Å². The largest absolute Gasteiger partial charge is 0.388 e. The van der Waals surface area contributed by atoms with Crippen LogP contribution in [0.1, 0.15) is 47.2 Å². The molecular weight excluding hydrogens is 362 g/mol. The SMILES string of the molecule is Nc1nc(CSC[C@@H](O)c2ccccc2)nc2sc3c(c12)CCCCC3. The number of hydrogen-bond donors (Lipinski definition) is 2. The van der Waals surface area contributed by atoms with Crippen LogP contribution in [0.5, 0.6) is 0 Å². The van der Waals surface area contributed by atoms with Gasteiger partial charge in [-0.25, -0.2) is 9.97 Å². The number of aliphatic hydroxyl groups is 1. The number of thioether (sulfide) groups is 1. The molecule has 0 fully saturated rings. The quantitative estimate of drug-likeness (QED) is 0.632. The summed E-state index contributed by atoms with van der Waals surface area (Å²) in [4.78, 5) is 11.8. The van der Waals surface area contributed by atoms with Gasteiger partial charge in [-0.15, -0.1) is 11.3 Å². The summed E-state index contributed by atoms with van der Waals surface area (Å²) in [6, 6.07) is 9.75. The molecule has 3 N–H and O–H groups in total. The Hall–Kier alpha value is -1.63. The maximum atomic E-state index is 10.3. The second-order valence-electron chi connectivity index (χ2n) is 6.71. The van der Waals surface area contributed by atoms with Gasteiger partial charge in [-0.2, -0.15) is 11.8 Å². The predicted molar refractivity (Wildman–Crippen MR) is 111 cm³/mol. The number of benzene rings is 1. The minimum Gasteiger partial charge on any atom is -0.388 e. The van der Waals surface area contributed by atoms with Crippen LogP contribution in [0.3, 0.4) is 0 Å². The van der Waals surface area contributed by atoms with Crippen molar-refractivity contribution in [3.8, 4) is 0 Å². The van der Waals surface area contributed by atoms with Crippen molar-refractivity contribution >= 4 is 39.1 Å². The van der Waals surface area contributed by atoms with E-state index in [4.69, 9.17) is 10.7 Å². The molecule has 1 aromatic carbocycles. The summed E-state index contributed by atoms with van der Waals surface area (Å²) in [6.45, 7) is 0. The summed E-state index contributed by atoms with van der Waals surface area (Å²) >= 11 is 3.43. The highest BCUT2D eigenvalue weighted by Crippen LogP contribution is 2.37. The fourth-order valence-corrected chi connectivity index (χ4v) is 5.64. The minimum atomic E-state index is -0.472. The summed E-state index contributed by atoms with van der Waals surface area (Å²) in [5.41, 5.74) is 8.63. The summed E-state index contributed by atoms with van der Waals surface area (Å²) < 4.78 is 0. The molecule has 0 saturated carbocycles. The molecule has 1 atom stereocenters. The molecule has 1 aliphatic carbocycles. The first kappa shape index (κ1) is 17.8. The van der Waals surface area contributed by atoms with E-state index >= 15 is 0 Å². The van der Waals surface area contributed by atoms with Gasteiger partial charge in [-0.3, -0.25) is 0 Å². The van der Waals surface area contributed by atoms with Crippen LogP contribution in [-0.4, -0.2) is 20.8 Å². The molecule has 0 aliphatic heterocycles. The first-order chi connectivity index (χ1) is 12.7. The fourth-order valence-electron chi connectivity index (χ4n) is 3.51. The Bertz CT molecular complexity index is 895. The van der Waals surface area contributed by atoms with Crippen molar-refractivity contribution in [2.24, 2.45) is 0 Å². The van der Waals surface area contributed by atoms with E-state index in [2.05, 4.69) is 4.98 Å². The molecule has 6 heteroatoms. The van der Waals surface area contributed by atoms with E-state index in [0.717, 1.165) is 34.4 Å². The van der Waals surface area contributed by atoms with E-state index in [1.54, 1.807) is 23.1 Å². The predicted octanol–water partition coefficient (Wildman–Crippen LogP) is 4.51. The second-order valence-corrected chi connectivity index (χ2v) is 8.83. The average Bonchev–Trinajstić information content (AvgIpc) is 2.84. The Balaban J connectivity index is 1.47. The molecule has 0 spiro atoms. The van der Waals surface area contributed by atoms with Gasteiger partial charge in [0.1, 0.15) is 16.5 Å². The molecular formula is C20H23N3OS2. The minimum absolute atomic E-state index is 0.472. The number of hydrogen-bond acceptors (Lipinski definition) is 6. The lowest BCUT2D eigenvalue weighted by Gasteiger charge is -2.10. The third-order valence-electron chi connectivity index (χ3n) is 4.83. The molecule has 1 aliphatic rings. The molecule has 136 valence electrons.